The molecular formula is C12H15Br3. The van der Waals surface area contributed by atoms with Crippen LogP contribution in [0.15, 0.2) is 19.5 Å². The molecule has 3 heteroatoms. The van der Waals surface area contributed by atoms with E-state index >= 15 is 0 Å². The van der Waals surface area contributed by atoms with E-state index in [0.29, 0.717) is 11.8 Å². The van der Waals surface area contributed by atoms with E-state index in [0.717, 1.165) is 8.95 Å². The molecule has 0 saturated carbocycles. The molecular weight excluding hydrogens is 384 g/mol. The van der Waals surface area contributed by atoms with E-state index in [9.17, 15) is 0 Å². The molecule has 15 heavy (non-hydrogen) atoms. The maximum Gasteiger partial charge on any atom is 0.0462 e. The molecule has 0 heterocycles. The van der Waals surface area contributed by atoms with E-state index in [1.807, 2.05) is 0 Å². The molecule has 0 spiro atoms. The first kappa shape index (κ1) is 13.7. The average Bonchev–Trinajstić information content (AvgIpc) is 2.12. The maximum atomic E-state index is 3.67. The summed E-state index contributed by atoms with van der Waals surface area (Å²) in [5.74, 6) is 1.07. The van der Waals surface area contributed by atoms with Crippen LogP contribution in [0.5, 0.6) is 0 Å². The van der Waals surface area contributed by atoms with Gasteiger partial charge in [0.25, 0.3) is 0 Å². The first-order valence-electron chi connectivity index (χ1n) is 5.03. The Hall–Kier alpha value is 0.660. The van der Waals surface area contributed by atoms with Gasteiger partial charge in [-0.3, -0.25) is 0 Å². The summed E-state index contributed by atoms with van der Waals surface area (Å²) < 4.78 is 3.40. The van der Waals surface area contributed by atoms with Crippen LogP contribution >= 0.6 is 47.8 Å². The summed E-state index contributed by atoms with van der Waals surface area (Å²) in [4.78, 5) is 0. The maximum absolute atomic E-state index is 3.67. The van der Waals surface area contributed by atoms with Crippen LogP contribution in [-0.2, 0) is 0 Å². The van der Waals surface area contributed by atoms with Gasteiger partial charge in [-0.25, -0.2) is 0 Å². The van der Waals surface area contributed by atoms with Gasteiger partial charge in [-0.1, -0.05) is 27.7 Å². The van der Waals surface area contributed by atoms with Crippen molar-refractivity contribution >= 4 is 47.8 Å². The van der Waals surface area contributed by atoms with Crippen LogP contribution in [0.4, 0.5) is 0 Å². The molecule has 0 N–H and O–H groups in total. The van der Waals surface area contributed by atoms with E-state index in [1.165, 1.54) is 15.6 Å². The van der Waals surface area contributed by atoms with Crippen LogP contribution in [0, 0.1) is 0 Å². The first-order chi connectivity index (χ1) is 6.86. The third-order valence-electron chi connectivity index (χ3n) is 2.43. The number of hydrogen-bond donors (Lipinski definition) is 0. The second-order valence-electron chi connectivity index (χ2n) is 4.30. The molecule has 0 unspecified atom stereocenters. The van der Waals surface area contributed by atoms with Gasteiger partial charge in [0.2, 0.25) is 0 Å². The Morgan fingerprint density at radius 3 is 1.80 bits per heavy atom. The molecule has 0 aliphatic heterocycles. The van der Waals surface area contributed by atoms with Gasteiger partial charge < -0.3 is 0 Å². The van der Waals surface area contributed by atoms with Crippen LogP contribution in [0.3, 0.4) is 0 Å². The molecule has 1 aromatic rings. The van der Waals surface area contributed by atoms with Gasteiger partial charge in [-0.15, -0.1) is 0 Å². The summed E-state index contributed by atoms with van der Waals surface area (Å²) in [5, 5.41) is 0. The van der Waals surface area contributed by atoms with E-state index in [2.05, 4.69) is 81.6 Å². The highest BCUT2D eigenvalue weighted by Gasteiger charge is 2.17. The third-order valence-corrected chi connectivity index (χ3v) is 5.77. The first-order valence-corrected chi connectivity index (χ1v) is 7.41. The highest BCUT2D eigenvalue weighted by Crippen LogP contribution is 2.41. The lowest BCUT2D eigenvalue weighted by atomic mass is 9.91. The predicted octanol–water partition coefficient (Wildman–Crippen LogP) is 6.22. The summed E-state index contributed by atoms with van der Waals surface area (Å²) >= 11 is 10.8. The minimum atomic E-state index is 0.529. The number of rotatable bonds is 2. The van der Waals surface area contributed by atoms with Crippen molar-refractivity contribution in [1.82, 2.24) is 0 Å². The van der Waals surface area contributed by atoms with Crippen LogP contribution < -0.4 is 0 Å². The molecule has 0 radical (unpaired) electrons. The molecule has 84 valence electrons. The minimum absolute atomic E-state index is 0.529. The van der Waals surface area contributed by atoms with Gasteiger partial charge in [0.15, 0.2) is 0 Å². The number of benzene rings is 1. The van der Waals surface area contributed by atoms with Gasteiger partial charge in [0.05, 0.1) is 0 Å². The zero-order valence-electron chi connectivity index (χ0n) is 9.37. The molecule has 0 saturated heterocycles. The Balaban J connectivity index is 3.51. The summed E-state index contributed by atoms with van der Waals surface area (Å²) in [6.07, 6.45) is 0. The van der Waals surface area contributed by atoms with Crippen molar-refractivity contribution in [1.29, 1.82) is 0 Å². The fraction of sp³-hybridized carbons (Fsp3) is 0.500. The molecule has 0 aliphatic carbocycles. The summed E-state index contributed by atoms with van der Waals surface area (Å²) in [5.41, 5.74) is 2.81. The molecule has 0 fully saturated rings. The van der Waals surface area contributed by atoms with Crippen LogP contribution in [0.25, 0.3) is 0 Å². The lowest BCUT2D eigenvalue weighted by molar-refractivity contribution is 0.783. The zero-order valence-corrected chi connectivity index (χ0v) is 14.1. The molecule has 1 rings (SSSR count). The van der Waals surface area contributed by atoms with Crippen molar-refractivity contribution in [3.63, 3.8) is 0 Å². The van der Waals surface area contributed by atoms with Crippen molar-refractivity contribution in [2.45, 2.75) is 39.5 Å². The van der Waals surface area contributed by atoms with Crippen molar-refractivity contribution in [2.75, 3.05) is 0 Å². The Labute approximate surface area is 117 Å². The SMILES string of the molecule is CC(C)c1cc(Br)c(Br)c(Br)c1C(C)C. The number of hydrogen-bond acceptors (Lipinski definition) is 0. The van der Waals surface area contributed by atoms with Gasteiger partial charge in [0.1, 0.15) is 0 Å². The summed E-state index contributed by atoms with van der Waals surface area (Å²) in [7, 11) is 0. The Bertz CT molecular complexity index is 368. The molecule has 0 amide bonds. The molecule has 0 atom stereocenters. The fourth-order valence-electron chi connectivity index (χ4n) is 1.69. The van der Waals surface area contributed by atoms with Crippen molar-refractivity contribution < 1.29 is 0 Å². The Morgan fingerprint density at radius 1 is 0.867 bits per heavy atom. The minimum Gasteiger partial charge on any atom is -0.0587 e. The smallest absolute Gasteiger partial charge is 0.0462 e. The second kappa shape index (κ2) is 5.33. The van der Waals surface area contributed by atoms with Crippen molar-refractivity contribution in [3.05, 3.63) is 30.6 Å². The quantitative estimate of drug-likeness (QED) is 0.518. The van der Waals surface area contributed by atoms with E-state index in [4.69, 9.17) is 0 Å². The molecule has 0 aromatic heterocycles. The molecule has 0 nitrogen and oxygen atoms in total. The van der Waals surface area contributed by atoms with Gasteiger partial charge in [0, 0.05) is 13.4 Å². The largest absolute Gasteiger partial charge is 0.0587 e. The van der Waals surface area contributed by atoms with E-state index in [-0.39, 0.29) is 0 Å². The molecule has 1 aromatic carbocycles. The van der Waals surface area contributed by atoms with Crippen LogP contribution in [-0.4, -0.2) is 0 Å². The highest BCUT2D eigenvalue weighted by molar-refractivity contribution is 9.14. The fourth-order valence-corrected chi connectivity index (χ4v) is 3.63. The third kappa shape index (κ3) is 2.86. The normalized spacial score (nSPS) is 11.5. The van der Waals surface area contributed by atoms with Gasteiger partial charge in [-0.2, -0.15) is 0 Å². The van der Waals surface area contributed by atoms with E-state index in [1.54, 1.807) is 0 Å². The van der Waals surface area contributed by atoms with Crippen molar-refractivity contribution in [2.24, 2.45) is 0 Å². The second-order valence-corrected chi connectivity index (χ2v) is 6.74. The standard InChI is InChI=1S/C12H15Br3/c1-6(2)8-5-9(13)11(14)12(15)10(8)7(3)4/h5-7H,1-4H3. The monoisotopic (exact) mass is 396 g/mol. The van der Waals surface area contributed by atoms with Crippen molar-refractivity contribution in [3.8, 4) is 0 Å². The average molecular weight is 399 g/mol. The van der Waals surface area contributed by atoms with Gasteiger partial charge in [-0.05, 0) is 76.8 Å². The Kier molecular flexibility index (Phi) is 4.87. The predicted molar refractivity (Wildman–Crippen MR) is 77.7 cm³/mol. The lowest BCUT2D eigenvalue weighted by Crippen LogP contribution is -2.01. The van der Waals surface area contributed by atoms with Crippen LogP contribution in [0.1, 0.15) is 50.7 Å². The Morgan fingerprint density at radius 2 is 1.40 bits per heavy atom. The molecule has 0 aliphatic rings. The molecule has 0 bridgehead atoms. The van der Waals surface area contributed by atoms with Gasteiger partial charge >= 0.3 is 0 Å². The summed E-state index contributed by atoms with van der Waals surface area (Å²) in [6.45, 7) is 8.92. The lowest BCUT2D eigenvalue weighted by Gasteiger charge is -2.19. The topological polar surface area (TPSA) is 0 Å². The zero-order chi connectivity index (χ0) is 11.7. The number of halogens is 3. The van der Waals surface area contributed by atoms with E-state index < -0.39 is 0 Å². The highest BCUT2D eigenvalue weighted by atomic mass is 79.9. The van der Waals surface area contributed by atoms with Crippen LogP contribution in [0.2, 0.25) is 0 Å². The summed E-state index contributed by atoms with van der Waals surface area (Å²) in [6, 6.07) is 2.22.